The number of rotatable bonds is 6. The average molecular weight is 383 g/mol. The van der Waals surface area contributed by atoms with E-state index in [1.54, 1.807) is 24.6 Å². The summed E-state index contributed by atoms with van der Waals surface area (Å²) in [6, 6.07) is 10.1. The van der Waals surface area contributed by atoms with Crippen LogP contribution >= 0.6 is 0 Å². The molecular weight excluding hydrogens is 354 g/mol. The Balaban J connectivity index is 1.42. The second-order valence-electron chi connectivity index (χ2n) is 7.21. The van der Waals surface area contributed by atoms with E-state index in [2.05, 4.69) is 17.4 Å². The van der Waals surface area contributed by atoms with Crippen LogP contribution in [0.15, 0.2) is 54.9 Å². The van der Waals surface area contributed by atoms with E-state index in [4.69, 9.17) is 4.74 Å². The summed E-state index contributed by atoms with van der Waals surface area (Å²) in [6.07, 6.45) is 14.2. The number of aryl methyl sites for hydroxylation is 1. The molecule has 0 saturated heterocycles. The molecule has 1 aliphatic carbocycles. The van der Waals surface area contributed by atoms with Gasteiger partial charge in [0.25, 0.3) is 0 Å². The van der Waals surface area contributed by atoms with Crippen LogP contribution in [0, 0.1) is 0 Å². The van der Waals surface area contributed by atoms with E-state index in [1.807, 2.05) is 18.2 Å². The van der Waals surface area contributed by atoms with Crippen molar-refractivity contribution in [1.82, 2.24) is 15.3 Å². The monoisotopic (exact) mass is 383 g/mol. The van der Waals surface area contributed by atoms with Gasteiger partial charge in [0.15, 0.2) is 0 Å². The molecule has 0 unspecified atom stereocenters. The number of hydrogen-bond acceptors (Lipinski definition) is 3. The zero-order valence-electron chi connectivity index (χ0n) is 16.3. The molecule has 0 radical (unpaired) electrons. The average Bonchev–Trinajstić information content (AvgIpc) is 2.75. The van der Waals surface area contributed by atoms with Crippen molar-refractivity contribution in [2.75, 3.05) is 6.61 Å². The lowest BCUT2D eigenvalue weighted by molar-refractivity contribution is 0.0550. The van der Waals surface area contributed by atoms with Gasteiger partial charge in [0.1, 0.15) is 0 Å². The lowest BCUT2D eigenvalue weighted by atomic mass is 9.96. The number of carbonyl (C=O) groups excluding carboxylic acids is 2. The Morgan fingerprint density at radius 2 is 1.68 bits per heavy atom. The first-order chi connectivity index (χ1) is 13.7. The van der Waals surface area contributed by atoms with E-state index in [0.717, 1.165) is 44.9 Å². The maximum absolute atomic E-state index is 12.6. The molecule has 1 fully saturated rings. The van der Waals surface area contributed by atoms with E-state index in [0.29, 0.717) is 6.61 Å². The van der Waals surface area contributed by atoms with E-state index in [9.17, 15) is 9.59 Å². The summed E-state index contributed by atoms with van der Waals surface area (Å²) in [4.78, 5) is 25.0. The van der Waals surface area contributed by atoms with Crippen molar-refractivity contribution in [2.45, 2.75) is 57.4 Å². The third-order valence-electron chi connectivity index (χ3n) is 5.05. The number of unbranched alkanes of at least 4 members (excludes halogenated alkanes) is 1. The molecule has 0 aromatic heterocycles. The SMILES string of the molecule is O=C(NC1CCCCC1)N1C=CC=CN1C(=O)OCCCCc1ccccc1. The Bertz CT molecular complexity index is 696. The molecule has 0 spiro atoms. The molecule has 1 aromatic rings. The standard InChI is InChI=1S/C22H29N3O3/c26-21(23-20-14-5-2-6-15-20)24-16-8-9-17-25(24)22(27)28-18-10-7-13-19-11-3-1-4-12-19/h1,3-4,8-9,11-12,16-17,20H,2,5-7,10,13-15,18H2,(H,23,26). The molecule has 2 aliphatic rings. The zero-order chi connectivity index (χ0) is 19.6. The minimum atomic E-state index is -0.542. The quantitative estimate of drug-likeness (QED) is 0.721. The highest BCUT2D eigenvalue weighted by Crippen LogP contribution is 2.18. The molecule has 150 valence electrons. The maximum Gasteiger partial charge on any atom is 0.433 e. The zero-order valence-corrected chi connectivity index (χ0v) is 16.3. The van der Waals surface area contributed by atoms with Crippen LogP contribution < -0.4 is 5.32 Å². The molecule has 3 amide bonds. The fourth-order valence-electron chi connectivity index (χ4n) is 3.51. The van der Waals surface area contributed by atoms with Crippen molar-refractivity contribution in [3.05, 3.63) is 60.4 Å². The van der Waals surface area contributed by atoms with Crippen LogP contribution in [0.2, 0.25) is 0 Å². The van der Waals surface area contributed by atoms with Crippen molar-refractivity contribution < 1.29 is 14.3 Å². The molecule has 6 heteroatoms. The van der Waals surface area contributed by atoms with Gasteiger partial charge in [-0.1, -0.05) is 49.6 Å². The van der Waals surface area contributed by atoms with Gasteiger partial charge in [-0.3, -0.25) is 0 Å². The molecule has 0 atom stereocenters. The lowest BCUT2D eigenvalue weighted by Gasteiger charge is -2.32. The fourth-order valence-corrected chi connectivity index (χ4v) is 3.51. The topological polar surface area (TPSA) is 61.9 Å². The second-order valence-corrected chi connectivity index (χ2v) is 7.21. The van der Waals surface area contributed by atoms with E-state index >= 15 is 0 Å². The molecule has 1 aliphatic heterocycles. The summed E-state index contributed by atoms with van der Waals surface area (Å²) in [5.41, 5.74) is 1.28. The van der Waals surface area contributed by atoms with Crippen LogP contribution in [0.5, 0.6) is 0 Å². The van der Waals surface area contributed by atoms with Gasteiger partial charge < -0.3 is 10.1 Å². The Morgan fingerprint density at radius 3 is 2.43 bits per heavy atom. The van der Waals surface area contributed by atoms with Crippen molar-refractivity contribution in [1.29, 1.82) is 0 Å². The Morgan fingerprint density at radius 1 is 0.964 bits per heavy atom. The summed E-state index contributed by atoms with van der Waals surface area (Å²) >= 11 is 0. The normalized spacial score (nSPS) is 16.9. The maximum atomic E-state index is 12.6. The minimum Gasteiger partial charge on any atom is -0.448 e. The molecule has 28 heavy (non-hydrogen) atoms. The highest BCUT2D eigenvalue weighted by atomic mass is 16.6. The van der Waals surface area contributed by atoms with Crippen molar-refractivity contribution in [2.24, 2.45) is 0 Å². The van der Waals surface area contributed by atoms with E-state index in [1.165, 1.54) is 22.0 Å². The first-order valence-electron chi connectivity index (χ1n) is 10.2. The Hall–Kier alpha value is -2.76. The summed E-state index contributed by atoms with van der Waals surface area (Å²) in [5.74, 6) is 0. The number of allylic oxidation sites excluding steroid dienone is 2. The first kappa shape index (κ1) is 20.0. The number of urea groups is 1. The number of carbonyl (C=O) groups is 2. The van der Waals surface area contributed by atoms with Crippen LogP contribution in [0.4, 0.5) is 9.59 Å². The smallest absolute Gasteiger partial charge is 0.433 e. The highest BCUT2D eigenvalue weighted by molar-refractivity contribution is 5.80. The number of ether oxygens (including phenoxy) is 1. The number of hydrogen-bond donors (Lipinski definition) is 1. The van der Waals surface area contributed by atoms with Gasteiger partial charge in [-0.25, -0.2) is 14.6 Å². The van der Waals surface area contributed by atoms with Crippen molar-refractivity contribution >= 4 is 12.1 Å². The molecular formula is C22H29N3O3. The van der Waals surface area contributed by atoms with Gasteiger partial charge in [0, 0.05) is 18.4 Å². The summed E-state index contributed by atoms with van der Waals surface area (Å²) in [5, 5.41) is 5.52. The largest absolute Gasteiger partial charge is 0.448 e. The lowest BCUT2D eigenvalue weighted by Crippen LogP contribution is -2.51. The molecule has 6 nitrogen and oxygen atoms in total. The third kappa shape index (κ3) is 5.87. The Kier molecular flexibility index (Phi) is 7.53. The predicted molar refractivity (Wildman–Crippen MR) is 108 cm³/mol. The molecule has 0 bridgehead atoms. The molecule has 1 heterocycles. The van der Waals surface area contributed by atoms with Gasteiger partial charge in [-0.05, 0) is 49.8 Å². The highest BCUT2D eigenvalue weighted by Gasteiger charge is 2.27. The van der Waals surface area contributed by atoms with Crippen molar-refractivity contribution in [3.63, 3.8) is 0 Å². The van der Waals surface area contributed by atoms with Crippen LogP contribution in [0.3, 0.4) is 0 Å². The van der Waals surface area contributed by atoms with Gasteiger partial charge in [-0.15, -0.1) is 0 Å². The fraction of sp³-hybridized carbons (Fsp3) is 0.455. The predicted octanol–water partition coefficient (Wildman–Crippen LogP) is 4.75. The number of amides is 3. The molecule has 1 aromatic carbocycles. The Labute approximate surface area is 166 Å². The summed E-state index contributed by atoms with van der Waals surface area (Å²) in [7, 11) is 0. The van der Waals surface area contributed by atoms with E-state index in [-0.39, 0.29) is 12.1 Å². The van der Waals surface area contributed by atoms with Crippen LogP contribution in [-0.2, 0) is 11.2 Å². The molecule has 1 saturated carbocycles. The number of benzene rings is 1. The van der Waals surface area contributed by atoms with Crippen LogP contribution in [0.25, 0.3) is 0 Å². The summed E-state index contributed by atoms with van der Waals surface area (Å²) in [6.45, 7) is 0.331. The molecule has 1 N–H and O–H groups in total. The van der Waals surface area contributed by atoms with E-state index < -0.39 is 6.09 Å². The summed E-state index contributed by atoms with van der Waals surface area (Å²) < 4.78 is 5.37. The molecule has 3 rings (SSSR count). The number of nitrogens with one attached hydrogen (secondary N) is 1. The number of hydrazine groups is 1. The van der Waals surface area contributed by atoms with Gasteiger partial charge in [0.05, 0.1) is 6.61 Å². The van der Waals surface area contributed by atoms with Crippen LogP contribution in [0.1, 0.15) is 50.5 Å². The number of nitrogens with zero attached hydrogens (tertiary/aromatic N) is 2. The second kappa shape index (κ2) is 10.5. The van der Waals surface area contributed by atoms with Gasteiger partial charge in [-0.2, -0.15) is 5.01 Å². The van der Waals surface area contributed by atoms with Crippen LogP contribution in [-0.4, -0.2) is 34.8 Å². The van der Waals surface area contributed by atoms with Gasteiger partial charge in [0.2, 0.25) is 0 Å². The first-order valence-corrected chi connectivity index (χ1v) is 10.2. The minimum absolute atomic E-state index is 0.177. The van der Waals surface area contributed by atoms with Crippen molar-refractivity contribution in [3.8, 4) is 0 Å². The van der Waals surface area contributed by atoms with Gasteiger partial charge >= 0.3 is 12.1 Å². The third-order valence-corrected chi connectivity index (χ3v) is 5.05.